The lowest BCUT2D eigenvalue weighted by molar-refractivity contribution is 0.101. The van der Waals surface area contributed by atoms with Crippen LogP contribution in [0.4, 0.5) is 5.69 Å². The van der Waals surface area contributed by atoms with Crippen molar-refractivity contribution in [1.29, 1.82) is 0 Å². The van der Waals surface area contributed by atoms with Crippen LogP contribution in [0.25, 0.3) is 0 Å². The normalized spacial score (nSPS) is 16.2. The lowest BCUT2D eigenvalue weighted by Gasteiger charge is -2.29. The summed E-state index contributed by atoms with van der Waals surface area (Å²) in [6.07, 6.45) is 0. The van der Waals surface area contributed by atoms with Crippen LogP contribution in [0.15, 0.2) is 18.2 Å². The van der Waals surface area contributed by atoms with Gasteiger partial charge in [-0.1, -0.05) is 11.6 Å². The summed E-state index contributed by atoms with van der Waals surface area (Å²) in [5.41, 5.74) is 1.64. The maximum Gasteiger partial charge on any atom is 0.161 e. The van der Waals surface area contributed by atoms with E-state index >= 15 is 0 Å². The summed E-state index contributed by atoms with van der Waals surface area (Å²) >= 11 is 6.06. The van der Waals surface area contributed by atoms with E-state index in [4.69, 9.17) is 16.3 Å². The fourth-order valence-electron chi connectivity index (χ4n) is 1.81. The molecule has 0 atom stereocenters. The highest BCUT2D eigenvalue weighted by Crippen LogP contribution is 2.24. The predicted molar refractivity (Wildman–Crippen MR) is 64.5 cm³/mol. The summed E-state index contributed by atoms with van der Waals surface area (Å²) in [6.45, 7) is 4.75. The summed E-state index contributed by atoms with van der Waals surface area (Å²) in [5, 5.41) is 0.525. The fourth-order valence-corrected chi connectivity index (χ4v) is 2.12. The van der Waals surface area contributed by atoms with Gasteiger partial charge in [0.2, 0.25) is 0 Å². The molecular weight excluding hydrogens is 226 g/mol. The monoisotopic (exact) mass is 239 g/mol. The average molecular weight is 240 g/mol. The Morgan fingerprint density at radius 1 is 1.38 bits per heavy atom. The van der Waals surface area contributed by atoms with E-state index in [2.05, 4.69) is 4.90 Å². The lowest BCUT2D eigenvalue weighted by Crippen LogP contribution is -2.36. The highest BCUT2D eigenvalue weighted by Gasteiger charge is 2.13. The van der Waals surface area contributed by atoms with E-state index < -0.39 is 0 Å². The highest BCUT2D eigenvalue weighted by atomic mass is 35.5. The van der Waals surface area contributed by atoms with Crippen molar-refractivity contribution in [3.63, 3.8) is 0 Å². The maximum absolute atomic E-state index is 11.2. The van der Waals surface area contributed by atoms with Gasteiger partial charge in [0, 0.05) is 24.3 Å². The molecule has 1 aromatic rings. The Labute approximate surface area is 100.0 Å². The van der Waals surface area contributed by atoms with Crippen molar-refractivity contribution in [2.75, 3.05) is 31.2 Å². The van der Waals surface area contributed by atoms with Gasteiger partial charge in [-0.2, -0.15) is 0 Å². The first-order valence-electron chi connectivity index (χ1n) is 5.31. The Hall–Kier alpha value is -1.06. The quantitative estimate of drug-likeness (QED) is 0.743. The number of ether oxygens (including phenoxy) is 1. The number of carbonyl (C=O) groups is 1. The topological polar surface area (TPSA) is 29.5 Å². The van der Waals surface area contributed by atoms with Crippen LogP contribution in [0.3, 0.4) is 0 Å². The zero-order valence-electron chi connectivity index (χ0n) is 9.20. The Kier molecular flexibility index (Phi) is 3.46. The van der Waals surface area contributed by atoms with Crippen molar-refractivity contribution in [3.05, 3.63) is 28.8 Å². The molecule has 0 amide bonds. The zero-order chi connectivity index (χ0) is 11.5. The minimum Gasteiger partial charge on any atom is -0.378 e. The Balaban J connectivity index is 2.23. The second kappa shape index (κ2) is 4.85. The van der Waals surface area contributed by atoms with Crippen molar-refractivity contribution in [2.24, 2.45) is 0 Å². The number of nitrogens with zero attached hydrogens (tertiary/aromatic N) is 1. The number of rotatable bonds is 2. The van der Waals surface area contributed by atoms with Crippen LogP contribution in [0.2, 0.25) is 5.02 Å². The fraction of sp³-hybridized carbons (Fsp3) is 0.417. The maximum atomic E-state index is 11.2. The first-order chi connectivity index (χ1) is 7.68. The molecule has 2 rings (SSSR count). The smallest absolute Gasteiger partial charge is 0.161 e. The number of anilines is 1. The van der Waals surface area contributed by atoms with Gasteiger partial charge in [0.15, 0.2) is 5.78 Å². The molecule has 86 valence electrons. The first kappa shape index (κ1) is 11.4. The number of ketones is 1. The zero-order valence-corrected chi connectivity index (χ0v) is 9.96. The molecule has 0 radical (unpaired) electrons. The summed E-state index contributed by atoms with van der Waals surface area (Å²) in [7, 11) is 0. The molecule has 1 fully saturated rings. The number of Topliss-reactive ketones (excluding diaryl/α,β-unsaturated/α-hetero) is 1. The number of halogens is 1. The third kappa shape index (κ3) is 2.36. The standard InChI is InChI=1S/C12H14ClNO2/c1-9(15)11-3-2-10(8-12(11)13)14-4-6-16-7-5-14/h2-3,8H,4-7H2,1H3. The molecule has 3 nitrogen and oxygen atoms in total. The molecule has 4 heteroatoms. The molecule has 0 aromatic heterocycles. The minimum absolute atomic E-state index is 0.00136. The molecule has 16 heavy (non-hydrogen) atoms. The largest absolute Gasteiger partial charge is 0.378 e. The molecule has 1 aliphatic heterocycles. The van der Waals surface area contributed by atoms with Crippen LogP contribution >= 0.6 is 11.6 Å². The third-order valence-corrected chi connectivity index (χ3v) is 3.02. The lowest BCUT2D eigenvalue weighted by atomic mass is 10.1. The van der Waals surface area contributed by atoms with Gasteiger partial charge in [0.05, 0.1) is 18.2 Å². The Morgan fingerprint density at radius 2 is 2.06 bits per heavy atom. The average Bonchev–Trinajstić information content (AvgIpc) is 2.29. The van der Waals surface area contributed by atoms with Gasteiger partial charge in [-0.3, -0.25) is 4.79 Å². The van der Waals surface area contributed by atoms with Gasteiger partial charge in [-0.15, -0.1) is 0 Å². The Morgan fingerprint density at radius 3 is 2.62 bits per heavy atom. The van der Waals surface area contributed by atoms with E-state index in [0.717, 1.165) is 32.0 Å². The van der Waals surface area contributed by atoms with Gasteiger partial charge >= 0.3 is 0 Å². The van der Waals surface area contributed by atoms with Crippen LogP contribution in [-0.4, -0.2) is 32.1 Å². The summed E-state index contributed by atoms with van der Waals surface area (Å²) in [6, 6.07) is 5.58. The summed E-state index contributed by atoms with van der Waals surface area (Å²) in [4.78, 5) is 13.4. The van der Waals surface area contributed by atoms with Crippen LogP contribution in [0, 0.1) is 0 Å². The number of morpholine rings is 1. The van der Waals surface area contributed by atoms with Crippen LogP contribution in [0.1, 0.15) is 17.3 Å². The predicted octanol–water partition coefficient (Wildman–Crippen LogP) is 2.38. The molecular formula is C12H14ClNO2. The van der Waals surface area contributed by atoms with Gasteiger partial charge in [0.25, 0.3) is 0 Å². The number of benzene rings is 1. The Bertz CT molecular complexity index is 400. The van der Waals surface area contributed by atoms with Crippen LogP contribution < -0.4 is 4.90 Å². The van der Waals surface area contributed by atoms with E-state index in [1.165, 1.54) is 6.92 Å². The van der Waals surface area contributed by atoms with E-state index in [-0.39, 0.29) is 5.78 Å². The van der Waals surface area contributed by atoms with E-state index in [1.807, 2.05) is 12.1 Å². The first-order valence-corrected chi connectivity index (χ1v) is 5.69. The van der Waals surface area contributed by atoms with Crippen molar-refractivity contribution in [2.45, 2.75) is 6.92 Å². The van der Waals surface area contributed by atoms with Gasteiger partial charge in [-0.05, 0) is 25.1 Å². The van der Waals surface area contributed by atoms with Gasteiger partial charge in [-0.25, -0.2) is 0 Å². The van der Waals surface area contributed by atoms with Gasteiger partial charge in [0.1, 0.15) is 0 Å². The second-order valence-electron chi connectivity index (χ2n) is 3.82. The van der Waals surface area contributed by atoms with Crippen molar-refractivity contribution in [1.82, 2.24) is 0 Å². The molecule has 1 aromatic carbocycles. The molecule has 0 aliphatic carbocycles. The van der Waals surface area contributed by atoms with E-state index in [0.29, 0.717) is 10.6 Å². The highest BCUT2D eigenvalue weighted by molar-refractivity contribution is 6.34. The molecule has 1 heterocycles. The van der Waals surface area contributed by atoms with Crippen LogP contribution in [0.5, 0.6) is 0 Å². The summed E-state index contributed by atoms with van der Waals surface area (Å²) in [5.74, 6) is -0.00136. The summed E-state index contributed by atoms with van der Waals surface area (Å²) < 4.78 is 5.28. The molecule has 0 spiro atoms. The van der Waals surface area contributed by atoms with Crippen molar-refractivity contribution >= 4 is 23.1 Å². The molecule has 0 saturated carbocycles. The van der Waals surface area contributed by atoms with Gasteiger partial charge < -0.3 is 9.64 Å². The molecule has 0 N–H and O–H groups in total. The van der Waals surface area contributed by atoms with E-state index in [9.17, 15) is 4.79 Å². The minimum atomic E-state index is -0.00136. The van der Waals surface area contributed by atoms with Crippen LogP contribution in [-0.2, 0) is 4.74 Å². The molecule has 1 saturated heterocycles. The molecule has 1 aliphatic rings. The van der Waals surface area contributed by atoms with E-state index in [1.54, 1.807) is 6.07 Å². The molecule has 0 unspecified atom stereocenters. The number of hydrogen-bond donors (Lipinski definition) is 0. The number of carbonyl (C=O) groups excluding carboxylic acids is 1. The van der Waals surface area contributed by atoms with Crippen molar-refractivity contribution < 1.29 is 9.53 Å². The molecule has 0 bridgehead atoms. The third-order valence-electron chi connectivity index (χ3n) is 2.71. The SMILES string of the molecule is CC(=O)c1ccc(N2CCOCC2)cc1Cl. The second-order valence-corrected chi connectivity index (χ2v) is 4.23. The van der Waals surface area contributed by atoms with Crippen molar-refractivity contribution in [3.8, 4) is 0 Å². The number of hydrogen-bond acceptors (Lipinski definition) is 3.